The van der Waals surface area contributed by atoms with Gasteiger partial charge in [-0.2, -0.15) is 4.73 Å². The summed E-state index contributed by atoms with van der Waals surface area (Å²) in [5, 5.41) is 3.48. The van der Waals surface area contributed by atoms with Gasteiger partial charge in [0.1, 0.15) is 24.8 Å². The second-order valence-electron chi connectivity index (χ2n) is 7.19. The van der Waals surface area contributed by atoms with Gasteiger partial charge in [0, 0.05) is 24.7 Å². The second-order valence-corrected chi connectivity index (χ2v) is 7.19. The Kier molecular flexibility index (Phi) is 5.91. The predicted molar refractivity (Wildman–Crippen MR) is 108 cm³/mol. The van der Waals surface area contributed by atoms with Crippen molar-refractivity contribution >= 4 is 0 Å². The van der Waals surface area contributed by atoms with Crippen molar-refractivity contribution < 1.29 is 14.0 Å². The number of ether oxygens (including phenoxy) is 1. The lowest BCUT2D eigenvalue weighted by molar-refractivity contribution is 0.0884. The summed E-state index contributed by atoms with van der Waals surface area (Å²) in [6.07, 6.45) is 4.09. The molecule has 4 rings (SSSR count). The zero-order chi connectivity index (χ0) is 20.1. The molecule has 0 saturated heterocycles. The number of benzene rings is 2. The number of halogens is 1. The van der Waals surface area contributed by atoms with Gasteiger partial charge >= 0.3 is 0 Å². The van der Waals surface area contributed by atoms with E-state index < -0.39 is 0 Å². The molecule has 29 heavy (non-hydrogen) atoms. The van der Waals surface area contributed by atoms with E-state index in [1.165, 1.54) is 47.5 Å². The maximum absolute atomic E-state index is 12.9. The number of hydrogen-bond acceptors (Lipinski definition) is 4. The molecule has 0 radical (unpaired) electrons. The van der Waals surface area contributed by atoms with Gasteiger partial charge in [-0.3, -0.25) is 4.79 Å². The maximum Gasteiger partial charge on any atom is 0.286 e. The monoisotopic (exact) mass is 394 g/mol. The van der Waals surface area contributed by atoms with Gasteiger partial charge in [-0.25, -0.2) is 4.39 Å². The van der Waals surface area contributed by atoms with Crippen molar-refractivity contribution in [3.63, 3.8) is 0 Å². The Balaban J connectivity index is 1.28. The van der Waals surface area contributed by atoms with Crippen molar-refractivity contribution in [2.75, 3.05) is 0 Å². The summed E-state index contributed by atoms with van der Waals surface area (Å²) in [5.74, 6) is 0.143. The lowest BCUT2D eigenvalue weighted by atomic mass is 10.1. The minimum atomic E-state index is -0.313. The average Bonchev–Trinajstić information content (AvgIpc) is 3.56. The molecule has 1 saturated carbocycles. The first-order valence-corrected chi connectivity index (χ1v) is 9.70. The van der Waals surface area contributed by atoms with Gasteiger partial charge in [0.05, 0.1) is 6.20 Å². The Morgan fingerprint density at radius 1 is 0.931 bits per heavy atom. The standard InChI is InChI=1S/C23H23FN2O3/c24-20-7-5-18(6-8-20)15-28-22-11-12-26(23(27)13-22)29-16-19-3-1-17(2-4-19)14-25-21-9-10-21/h1-8,11-13,21,25H,9-10,14-16H2. The van der Waals surface area contributed by atoms with Crippen molar-refractivity contribution in [3.05, 3.63) is 99.7 Å². The maximum atomic E-state index is 12.9. The molecule has 2 aromatic carbocycles. The second kappa shape index (κ2) is 8.92. The van der Waals surface area contributed by atoms with Crippen molar-refractivity contribution in [1.82, 2.24) is 10.0 Å². The smallest absolute Gasteiger partial charge is 0.286 e. The lowest BCUT2D eigenvalue weighted by Gasteiger charge is -2.11. The molecule has 6 heteroatoms. The first-order valence-electron chi connectivity index (χ1n) is 9.70. The van der Waals surface area contributed by atoms with Gasteiger partial charge in [0.2, 0.25) is 0 Å². The van der Waals surface area contributed by atoms with Crippen LogP contribution >= 0.6 is 0 Å². The normalized spacial score (nSPS) is 13.3. The summed E-state index contributed by atoms with van der Waals surface area (Å²) >= 11 is 0. The minimum absolute atomic E-state index is 0.256. The predicted octanol–water partition coefficient (Wildman–Crippen LogP) is 3.45. The number of nitrogens with zero attached hydrogens (tertiary/aromatic N) is 1. The Bertz CT molecular complexity index is 996. The van der Waals surface area contributed by atoms with E-state index in [-0.39, 0.29) is 18.0 Å². The van der Waals surface area contributed by atoms with Crippen LogP contribution in [0.1, 0.15) is 29.5 Å². The van der Waals surface area contributed by atoms with Crippen LogP contribution in [0.5, 0.6) is 5.75 Å². The molecule has 1 aromatic heterocycles. The molecule has 0 amide bonds. The Morgan fingerprint density at radius 3 is 2.28 bits per heavy atom. The topological polar surface area (TPSA) is 52.5 Å². The van der Waals surface area contributed by atoms with E-state index in [0.29, 0.717) is 18.4 Å². The number of nitrogens with one attached hydrogen (secondary N) is 1. The van der Waals surface area contributed by atoms with Crippen molar-refractivity contribution in [3.8, 4) is 5.75 Å². The van der Waals surface area contributed by atoms with Gasteiger partial charge in [-0.05, 0) is 41.7 Å². The van der Waals surface area contributed by atoms with Gasteiger partial charge in [0.15, 0.2) is 0 Å². The van der Waals surface area contributed by atoms with E-state index in [2.05, 4.69) is 17.4 Å². The molecular formula is C23H23FN2O3. The van der Waals surface area contributed by atoms with Crippen LogP contribution in [-0.2, 0) is 19.8 Å². The molecule has 150 valence electrons. The summed E-state index contributed by atoms with van der Waals surface area (Å²) in [6.45, 7) is 1.43. The van der Waals surface area contributed by atoms with Crippen LogP contribution in [0.15, 0.2) is 71.7 Å². The lowest BCUT2D eigenvalue weighted by Crippen LogP contribution is -2.25. The fourth-order valence-corrected chi connectivity index (χ4v) is 2.84. The van der Waals surface area contributed by atoms with Crippen LogP contribution in [0.2, 0.25) is 0 Å². The number of rotatable bonds is 9. The Hall–Kier alpha value is -3.12. The first kappa shape index (κ1) is 19.2. The third-order valence-corrected chi connectivity index (χ3v) is 4.74. The van der Waals surface area contributed by atoms with Gasteiger partial charge < -0.3 is 14.9 Å². The third-order valence-electron chi connectivity index (χ3n) is 4.74. The molecule has 0 unspecified atom stereocenters. The zero-order valence-corrected chi connectivity index (χ0v) is 16.0. The quantitative estimate of drug-likeness (QED) is 0.604. The van der Waals surface area contributed by atoms with Crippen molar-refractivity contribution in [2.45, 2.75) is 38.6 Å². The summed E-state index contributed by atoms with van der Waals surface area (Å²) in [5.41, 5.74) is 2.73. The molecule has 5 nitrogen and oxygen atoms in total. The van der Waals surface area contributed by atoms with E-state index in [1.54, 1.807) is 18.2 Å². The van der Waals surface area contributed by atoms with E-state index in [0.717, 1.165) is 17.7 Å². The molecule has 1 N–H and O–H groups in total. The fourth-order valence-electron chi connectivity index (χ4n) is 2.84. The first-order chi connectivity index (χ1) is 14.2. The summed E-state index contributed by atoms with van der Waals surface area (Å²) in [4.78, 5) is 17.8. The van der Waals surface area contributed by atoms with E-state index >= 15 is 0 Å². The van der Waals surface area contributed by atoms with E-state index in [1.807, 2.05) is 12.1 Å². The highest BCUT2D eigenvalue weighted by molar-refractivity contribution is 5.23. The van der Waals surface area contributed by atoms with Crippen LogP contribution < -0.4 is 20.5 Å². The molecule has 0 spiro atoms. The third kappa shape index (κ3) is 5.68. The van der Waals surface area contributed by atoms with Crippen LogP contribution in [0.4, 0.5) is 4.39 Å². The van der Waals surface area contributed by atoms with Crippen LogP contribution in [0.25, 0.3) is 0 Å². The van der Waals surface area contributed by atoms with Gasteiger partial charge in [-0.15, -0.1) is 0 Å². The SMILES string of the molecule is O=c1cc(OCc2ccc(F)cc2)ccn1OCc1ccc(CNC2CC2)cc1. The number of pyridine rings is 1. The average molecular weight is 394 g/mol. The molecule has 1 heterocycles. The van der Waals surface area contributed by atoms with E-state index in [4.69, 9.17) is 9.57 Å². The largest absolute Gasteiger partial charge is 0.489 e. The highest BCUT2D eigenvalue weighted by Crippen LogP contribution is 2.19. The van der Waals surface area contributed by atoms with Gasteiger partial charge in [0.25, 0.3) is 5.56 Å². The minimum Gasteiger partial charge on any atom is -0.489 e. The zero-order valence-electron chi connectivity index (χ0n) is 16.0. The molecule has 3 aromatic rings. The summed E-state index contributed by atoms with van der Waals surface area (Å²) < 4.78 is 19.7. The summed E-state index contributed by atoms with van der Waals surface area (Å²) in [7, 11) is 0. The number of aromatic nitrogens is 1. The van der Waals surface area contributed by atoms with Crippen molar-refractivity contribution in [1.29, 1.82) is 0 Å². The molecule has 0 bridgehead atoms. The molecule has 0 aliphatic heterocycles. The molecule has 1 aliphatic carbocycles. The Morgan fingerprint density at radius 2 is 1.59 bits per heavy atom. The van der Waals surface area contributed by atoms with Crippen LogP contribution in [0, 0.1) is 5.82 Å². The molecule has 1 fully saturated rings. The van der Waals surface area contributed by atoms with E-state index in [9.17, 15) is 9.18 Å². The molecule has 1 aliphatic rings. The summed E-state index contributed by atoms with van der Waals surface area (Å²) in [6, 6.07) is 17.9. The fraction of sp³-hybridized carbons (Fsp3) is 0.261. The van der Waals surface area contributed by atoms with Gasteiger partial charge in [-0.1, -0.05) is 36.4 Å². The van der Waals surface area contributed by atoms with Crippen LogP contribution in [0.3, 0.4) is 0 Å². The molecular weight excluding hydrogens is 371 g/mol. The highest BCUT2D eigenvalue weighted by Gasteiger charge is 2.19. The number of hydrogen-bond donors (Lipinski definition) is 1. The van der Waals surface area contributed by atoms with Crippen molar-refractivity contribution in [2.24, 2.45) is 0 Å². The highest BCUT2D eigenvalue weighted by atomic mass is 19.1. The Labute approximate surface area is 168 Å². The van der Waals surface area contributed by atoms with Crippen LogP contribution in [-0.4, -0.2) is 10.8 Å². The molecule has 0 atom stereocenters.